The number of benzene rings is 2. The lowest BCUT2D eigenvalue weighted by atomic mass is 9.85. The Kier molecular flexibility index (Phi) is 11.5. The molecule has 0 radical (unpaired) electrons. The maximum Gasteiger partial charge on any atom is 0.243 e. The highest BCUT2D eigenvalue weighted by atomic mass is 32.2. The molecule has 2 rings (SSSR count). The minimum atomic E-state index is -3.97. The van der Waals surface area contributed by atoms with E-state index in [0.29, 0.717) is 5.69 Å². The van der Waals surface area contributed by atoms with Crippen molar-refractivity contribution < 1.29 is 23.1 Å². The van der Waals surface area contributed by atoms with E-state index in [9.17, 15) is 23.1 Å². The molecule has 0 aliphatic heterocycles. The average Bonchev–Trinajstić information content (AvgIpc) is 2.86. The molecule has 2 aromatic rings. The van der Waals surface area contributed by atoms with Gasteiger partial charge in [-0.1, -0.05) is 65.0 Å². The van der Waals surface area contributed by atoms with Gasteiger partial charge in [0.2, 0.25) is 21.8 Å². The van der Waals surface area contributed by atoms with Crippen LogP contribution in [0.1, 0.15) is 40.2 Å². The van der Waals surface area contributed by atoms with E-state index in [1.54, 1.807) is 20.8 Å². The van der Waals surface area contributed by atoms with E-state index < -0.39 is 45.4 Å². The van der Waals surface area contributed by atoms with Crippen molar-refractivity contribution in [1.29, 1.82) is 0 Å². The van der Waals surface area contributed by atoms with Gasteiger partial charge in [0.05, 0.1) is 23.6 Å². The predicted molar refractivity (Wildman–Crippen MR) is 153 cm³/mol. The number of anilines is 1. The number of aliphatic hydroxyl groups is 1. The van der Waals surface area contributed by atoms with Gasteiger partial charge in [0, 0.05) is 18.8 Å². The highest BCUT2D eigenvalue weighted by Crippen LogP contribution is 2.22. The lowest BCUT2D eigenvalue weighted by Gasteiger charge is -2.34. The van der Waals surface area contributed by atoms with Crippen molar-refractivity contribution in [3.63, 3.8) is 0 Å². The molecular formula is C28H43N5O5S. The summed E-state index contributed by atoms with van der Waals surface area (Å²) in [4.78, 5) is 25.6. The minimum Gasteiger partial charge on any atom is -0.399 e. The summed E-state index contributed by atoms with van der Waals surface area (Å²) in [6.45, 7) is 8.82. The molecule has 0 saturated heterocycles. The molecule has 0 aliphatic rings. The van der Waals surface area contributed by atoms with Crippen LogP contribution in [0.4, 0.5) is 5.69 Å². The zero-order chi connectivity index (χ0) is 29.4. The normalized spacial score (nSPS) is 14.6. The van der Waals surface area contributed by atoms with Crippen molar-refractivity contribution >= 4 is 27.5 Å². The van der Waals surface area contributed by atoms with Crippen molar-refractivity contribution in [3.05, 3.63) is 60.2 Å². The summed E-state index contributed by atoms with van der Waals surface area (Å²) >= 11 is 0. The molecule has 0 heterocycles. The SMILES string of the molecule is CC(C)CN(CC(O)C(Cc1ccccc1)NC(=O)C(NC(=O)CN)C(C)(C)C)S(=O)(=O)c1ccc(N)cc1. The number of hydrogen-bond donors (Lipinski definition) is 5. The first-order valence-electron chi connectivity index (χ1n) is 13.0. The smallest absolute Gasteiger partial charge is 0.243 e. The quantitative estimate of drug-likeness (QED) is 0.231. The number of nitrogens with one attached hydrogen (secondary N) is 2. The van der Waals surface area contributed by atoms with Crippen LogP contribution in [0.2, 0.25) is 0 Å². The first-order chi connectivity index (χ1) is 18.1. The molecule has 0 spiro atoms. The number of sulfonamides is 1. The van der Waals surface area contributed by atoms with E-state index >= 15 is 0 Å². The molecule has 216 valence electrons. The molecule has 10 nitrogen and oxygen atoms in total. The van der Waals surface area contributed by atoms with Gasteiger partial charge in [-0.3, -0.25) is 9.59 Å². The Morgan fingerprint density at radius 2 is 1.56 bits per heavy atom. The predicted octanol–water partition coefficient (Wildman–Crippen LogP) is 1.49. The summed E-state index contributed by atoms with van der Waals surface area (Å²) in [6, 6.07) is 13.4. The van der Waals surface area contributed by atoms with E-state index in [0.717, 1.165) is 5.56 Å². The van der Waals surface area contributed by atoms with E-state index in [-0.39, 0.29) is 36.9 Å². The number of nitrogens with zero attached hydrogens (tertiary/aromatic N) is 1. The number of nitrogens with two attached hydrogens (primary N) is 2. The molecule has 39 heavy (non-hydrogen) atoms. The van der Waals surface area contributed by atoms with Gasteiger partial charge >= 0.3 is 0 Å². The first-order valence-corrected chi connectivity index (χ1v) is 14.5. The average molecular weight is 562 g/mol. The molecule has 3 unspecified atom stereocenters. The standard InChI is InChI=1S/C28H43N5O5S/c1-19(2)17-33(39(37,38)22-13-11-21(30)12-14-22)18-24(34)23(15-20-9-7-6-8-10-20)31-27(36)26(28(3,4)5)32-25(35)16-29/h6-14,19,23-24,26,34H,15-18,29-30H2,1-5H3,(H,31,36)(H,32,35). The topological polar surface area (TPSA) is 168 Å². The fourth-order valence-corrected chi connectivity index (χ4v) is 5.74. The Labute approximate surface area is 232 Å². The van der Waals surface area contributed by atoms with Crippen molar-refractivity contribution in [3.8, 4) is 0 Å². The third-order valence-corrected chi connectivity index (χ3v) is 8.03. The van der Waals surface area contributed by atoms with Crippen LogP contribution in [0.15, 0.2) is 59.5 Å². The second-order valence-electron chi connectivity index (χ2n) is 11.2. The summed E-state index contributed by atoms with van der Waals surface area (Å²) in [5.41, 5.74) is 11.8. The van der Waals surface area contributed by atoms with Crippen LogP contribution in [-0.4, -0.2) is 67.5 Å². The van der Waals surface area contributed by atoms with Crippen molar-refractivity contribution in [2.75, 3.05) is 25.4 Å². The molecular weight excluding hydrogens is 518 g/mol. The summed E-state index contributed by atoms with van der Waals surface area (Å²) in [5, 5.41) is 17.0. The number of amides is 2. The Morgan fingerprint density at radius 1 is 0.974 bits per heavy atom. The third-order valence-electron chi connectivity index (χ3n) is 6.19. The van der Waals surface area contributed by atoms with Gasteiger partial charge in [-0.25, -0.2) is 8.42 Å². The van der Waals surface area contributed by atoms with Crippen LogP contribution in [-0.2, 0) is 26.0 Å². The van der Waals surface area contributed by atoms with Gasteiger partial charge in [-0.15, -0.1) is 0 Å². The van der Waals surface area contributed by atoms with Crippen molar-refractivity contribution in [2.24, 2.45) is 17.1 Å². The monoisotopic (exact) mass is 561 g/mol. The van der Waals surface area contributed by atoms with Crippen molar-refractivity contribution in [2.45, 2.75) is 64.1 Å². The third kappa shape index (κ3) is 9.61. The maximum atomic E-state index is 13.5. The number of nitrogen functional groups attached to an aromatic ring is 1. The van der Waals surface area contributed by atoms with Gasteiger partial charge < -0.3 is 27.2 Å². The van der Waals surface area contributed by atoms with E-state index in [2.05, 4.69) is 10.6 Å². The molecule has 2 amide bonds. The van der Waals surface area contributed by atoms with Gasteiger partial charge in [0.1, 0.15) is 6.04 Å². The lowest BCUT2D eigenvalue weighted by molar-refractivity contribution is -0.132. The highest BCUT2D eigenvalue weighted by Gasteiger charge is 2.36. The fraction of sp³-hybridized carbons (Fsp3) is 0.500. The van der Waals surface area contributed by atoms with Gasteiger partial charge in [0.25, 0.3) is 0 Å². The molecule has 0 aromatic heterocycles. The van der Waals surface area contributed by atoms with E-state index in [4.69, 9.17) is 11.5 Å². The van der Waals surface area contributed by atoms with Gasteiger partial charge in [-0.2, -0.15) is 4.31 Å². The Hall–Kier alpha value is -2.99. The number of aliphatic hydroxyl groups excluding tert-OH is 1. The molecule has 0 saturated carbocycles. The van der Waals surface area contributed by atoms with E-state index in [1.807, 2.05) is 44.2 Å². The highest BCUT2D eigenvalue weighted by molar-refractivity contribution is 7.89. The number of carbonyl (C=O) groups excluding carboxylic acids is 2. The zero-order valence-electron chi connectivity index (χ0n) is 23.4. The zero-order valence-corrected chi connectivity index (χ0v) is 24.2. The summed E-state index contributed by atoms with van der Waals surface area (Å²) in [6.07, 6.45) is -1.02. The van der Waals surface area contributed by atoms with Gasteiger partial charge in [0.15, 0.2) is 0 Å². The largest absolute Gasteiger partial charge is 0.399 e. The fourth-order valence-electron chi connectivity index (χ4n) is 4.12. The maximum absolute atomic E-state index is 13.5. The summed E-state index contributed by atoms with van der Waals surface area (Å²) in [7, 11) is -3.97. The summed E-state index contributed by atoms with van der Waals surface area (Å²) < 4.78 is 28.3. The van der Waals surface area contributed by atoms with E-state index in [1.165, 1.54) is 28.6 Å². The first kappa shape index (κ1) is 32.2. The van der Waals surface area contributed by atoms with Crippen LogP contribution >= 0.6 is 0 Å². The number of rotatable bonds is 13. The molecule has 2 aromatic carbocycles. The Morgan fingerprint density at radius 3 is 2.08 bits per heavy atom. The molecule has 0 bridgehead atoms. The van der Waals surface area contributed by atoms with Crippen LogP contribution in [0.25, 0.3) is 0 Å². The molecule has 0 aliphatic carbocycles. The molecule has 7 N–H and O–H groups in total. The number of carbonyl (C=O) groups is 2. The second kappa shape index (κ2) is 13.9. The number of hydrogen-bond acceptors (Lipinski definition) is 7. The molecule has 11 heteroatoms. The van der Waals surface area contributed by atoms with Crippen LogP contribution < -0.4 is 22.1 Å². The van der Waals surface area contributed by atoms with Crippen molar-refractivity contribution in [1.82, 2.24) is 14.9 Å². The van der Waals surface area contributed by atoms with Crippen LogP contribution in [0.5, 0.6) is 0 Å². The van der Waals surface area contributed by atoms with Crippen LogP contribution in [0, 0.1) is 11.3 Å². The Bertz CT molecular complexity index is 1180. The van der Waals surface area contributed by atoms with Crippen LogP contribution in [0.3, 0.4) is 0 Å². The second-order valence-corrected chi connectivity index (χ2v) is 13.2. The molecule has 3 atom stereocenters. The molecule has 0 fully saturated rings. The lowest BCUT2D eigenvalue weighted by Crippen LogP contribution is -2.59. The Balaban J connectivity index is 2.40. The van der Waals surface area contributed by atoms with Gasteiger partial charge in [-0.05, 0) is 47.6 Å². The summed E-state index contributed by atoms with van der Waals surface area (Å²) in [5.74, 6) is -1.01. The minimum absolute atomic E-state index is 0.0281.